The number of phenols is 1. The van der Waals surface area contributed by atoms with Crippen LogP contribution in [0.1, 0.15) is 38.8 Å². The Morgan fingerprint density at radius 2 is 1.91 bits per heavy atom. The van der Waals surface area contributed by atoms with Crippen molar-refractivity contribution in [3.05, 3.63) is 47.5 Å². The molecule has 0 aliphatic carbocycles. The van der Waals surface area contributed by atoms with Crippen molar-refractivity contribution in [2.75, 3.05) is 6.54 Å². The maximum Gasteiger partial charge on any atom is 0.229 e. The Bertz CT molecular complexity index is 973. The van der Waals surface area contributed by atoms with Gasteiger partial charge in [0.1, 0.15) is 6.10 Å². The zero-order chi connectivity index (χ0) is 23.6. The third-order valence-corrected chi connectivity index (χ3v) is 6.18. The van der Waals surface area contributed by atoms with Crippen LogP contribution in [0.5, 0.6) is 11.5 Å². The summed E-state index contributed by atoms with van der Waals surface area (Å²) in [5.41, 5.74) is 2.97. The summed E-state index contributed by atoms with van der Waals surface area (Å²) >= 11 is 0. The highest BCUT2D eigenvalue weighted by molar-refractivity contribution is 5.73. The summed E-state index contributed by atoms with van der Waals surface area (Å²) in [7, 11) is 0. The first kappa shape index (κ1) is 24.0. The van der Waals surface area contributed by atoms with E-state index in [1.165, 1.54) is 6.92 Å². The molecule has 1 saturated heterocycles. The van der Waals surface area contributed by atoms with Gasteiger partial charge >= 0.3 is 0 Å². The van der Waals surface area contributed by atoms with Crippen LogP contribution in [0.3, 0.4) is 0 Å². The van der Waals surface area contributed by atoms with Crippen molar-refractivity contribution in [3.8, 4) is 22.6 Å². The molecule has 2 aromatic rings. The first-order valence-electron chi connectivity index (χ1n) is 10.9. The van der Waals surface area contributed by atoms with E-state index in [0.717, 1.165) is 22.3 Å². The molecule has 0 aromatic heterocycles. The van der Waals surface area contributed by atoms with E-state index in [0.29, 0.717) is 13.0 Å². The maximum atomic E-state index is 11.3. The molecule has 0 unspecified atom stereocenters. The molecule has 0 spiro atoms. The molecule has 0 bridgehead atoms. The summed E-state index contributed by atoms with van der Waals surface area (Å²) in [6.07, 6.45) is -2.93. The van der Waals surface area contributed by atoms with E-state index in [1.54, 1.807) is 19.1 Å². The molecule has 3 rings (SSSR count). The Morgan fingerprint density at radius 1 is 1.19 bits per heavy atom. The summed E-state index contributed by atoms with van der Waals surface area (Å²) in [4.78, 5) is 11.3. The number of hydrogen-bond acceptors (Lipinski definition) is 6. The number of nitrogens with one attached hydrogen (secondary N) is 1. The van der Waals surface area contributed by atoms with E-state index in [4.69, 9.17) is 9.47 Å². The molecule has 4 atom stereocenters. The van der Waals surface area contributed by atoms with Crippen LogP contribution < -0.4 is 10.1 Å². The molecular weight excluding hydrogens is 410 g/mol. The van der Waals surface area contributed by atoms with Gasteiger partial charge in [0.15, 0.2) is 11.5 Å². The Labute approximate surface area is 189 Å². The number of amides is 1. The average Bonchev–Trinajstić information content (AvgIpc) is 2.72. The fourth-order valence-electron chi connectivity index (χ4n) is 3.93. The second-order valence-corrected chi connectivity index (χ2v) is 9.06. The van der Waals surface area contributed by atoms with Gasteiger partial charge in [-0.1, -0.05) is 36.8 Å². The van der Waals surface area contributed by atoms with Crippen LogP contribution in [0, 0.1) is 12.8 Å². The predicted molar refractivity (Wildman–Crippen MR) is 121 cm³/mol. The molecular formula is C25H33NO6. The van der Waals surface area contributed by atoms with E-state index in [-0.39, 0.29) is 23.3 Å². The van der Waals surface area contributed by atoms with Gasteiger partial charge in [0.2, 0.25) is 12.2 Å². The van der Waals surface area contributed by atoms with Crippen molar-refractivity contribution in [2.24, 2.45) is 5.92 Å². The van der Waals surface area contributed by atoms with Crippen molar-refractivity contribution in [1.82, 2.24) is 5.32 Å². The van der Waals surface area contributed by atoms with Gasteiger partial charge in [-0.15, -0.1) is 0 Å². The number of carbonyl (C=O) groups excluding carboxylic acids is 1. The molecule has 32 heavy (non-hydrogen) atoms. The number of carbonyl (C=O) groups is 1. The van der Waals surface area contributed by atoms with Gasteiger partial charge in [0.05, 0.1) is 11.7 Å². The lowest BCUT2D eigenvalue weighted by Crippen LogP contribution is -2.59. The van der Waals surface area contributed by atoms with Gasteiger partial charge in [-0.2, -0.15) is 0 Å². The molecule has 0 radical (unpaired) electrons. The van der Waals surface area contributed by atoms with Crippen LogP contribution in [-0.2, 0) is 16.0 Å². The van der Waals surface area contributed by atoms with Gasteiger partial charge < -0.3 is 30.1 Å². The van der Waals surface area contributed by atoms with Crippen molar-refractivity contribution >= 4 is 5.91 Å². The zero-order valence-electron chi connectivity index (χ0n) is 19.3. The zero-order valence-corrected chi connectivity index (χ0v) is 19.3. The molecule has 4 N–H and O–H groups in total. The number of ether oxygens (including phenoxy) is 2. The Balaban J connectivity index is 1.95. The summed E-state index contributed by atoms with van der Waals surface area (Å²) in [6.45, 7) is 9.32. The number of phenolic OH excluding ortho intramolecular Hbond substituents is 1. The molecule has 174 valence electrons. The van der Waals surface area contributed by atoms with Crippen molar-refractivity contribution in [1.29, 1.82) is 0 Å². The number of aliphatic hydroxyl groups excluding tert-OH is 2. The molecule has 1 fully saturated rings. The summed E-state index contributed by atoms with van der Waals surface area (Å²) in [5.74, 6) is -0.392. The van der Waals surface area contributed by atoms with E-state index in [2.05, 4.69) is 5.32 Å². The van der Waals surface area contributed by atoms with Gasteiger partial charge in [-0.25, -0.2) is 0 Å². The van der Waals surface area contributed by atoms with E-state index in [1.807, 2.05) is 45.0 Å². The number of benzene rings is 2. The number of hydrogen-bond donors (Lipinski definition) is 4. The van der Waals surface area contributed by atoms with Crippen molar-refractivity contribution in [2.45, 2.75) is 65.1 Å². The minimum Gasteiger partial charge on any atom is -0.504 e. The quantitative estimate of drug-likeness (QED) is 0.547. The van der Waals surface area contributed by atoms with Gasteiger partial charge in [-0.3, -0.25) is 4.79 Å². The number of aromatic hydroxyl groups is 1. The second-order valence-electron chi connectivity index (χ2n) is 9.06. The highest BCUT2D eigenvalue weighted by atomic mass is 16.7. The highest BCUT2D eigenvalue weighted by Gasteiger charge is 2.47. The summed E-state index contributed by atoms with van der Waals surface area (Å²) < 4.78 is 11.8. The minimum absolute atomic E-state index is 0.105. The molecule has 0 saturated carbocycles. The lowest BCUT2D eigenvalue weighted by Gasteiger charge is -2.46. The third-order valence-electron chi connectivity index (χ3n) is 6.18. The van der Waals surface area contributed by atoms with Crippen LogP contribution in [0.15, 0.2) is 36.4 Å². The lowest BCUT2D eigenvalue weighted by atomic mass is 9.82. The maximum absolute atomic E-state index is 11.3. The molecule has 2 aromatic carbocycles. The molecule has 1 aliphatic rings. The average molecular weight is 444 g/mol. The molecule has 7 nitrogen and oxygen atoms in total. The van der Waals surface area contributed by atoms with Crippen LogP contribution in [0.4, 0.5) is 0 Å². The van der Waals surface area contributed by atoms with Gasteiger partial charge in [0, 0.05) is 19.4 Å². The fourth-order valence-corrected chi connectivity index (χ4v) is 3.93. The molecule has 1 amide bonds. The predicted octanol–water partition coefficient (Wildman–Crippen LogP) is 2.92. The smallest absolute Gasteiger partial charge is 0.229 e. The van der Waals surface area contributed by atoms with Crippen LogP contribution in [0.2, 0.25) is 0 Å². The van der Waals surface area contributed by atoms with Crippen molar-refractivity contribution < 1.29 is 29.6 Å². The monoisotopic (exact) mass is 443 g/mol. The van der Waals surface area contributed by atoms with Crippen LogP contribution >= 0.6 is 0 Å². The van der Waals surface area contributed by atoms with Crippen LogP contribution in [-0.4, -0.2) is 51.9 Å². The third kappa shape index (κ3) is 5.23. The van der Waals surface area contributed by atoms with E-state index < -0.39 is 24.1 Å². The van der Waals surface area contributed by atoms with Gasteiger partial charge in [0.25, 0.3) is 0 Å². The second kappa shape index (κ2) is 9.48. The number of rotatable bonds is 6. The molecule has 1 aliphatic heterocycles. The number of aliphatic hydroxyl groups is 2. The Morgan fingerprint density at radius 3 is 2.56 bits per heavy atom. The fraction of sp³-hybridized carbons (Fsp3) is 0.480. The number of aryl methyl sites for hydroxylation is 1. The standard InChI is InChI=1S/C25H33NO6/c1-14-7-6-8-17(11-14)19-13-20(28)21(12-18(19)9-10-26-16(3)27)31-24-23(30)22(29)15(2)25(4,5)32-24/h6-8,11-13,15,22-24,28-30H,9-10H2,1-5H3,(H,26,27)/t15-,22-,23-,24-/m1/s1. The summed E-state index contributed by atoms with van der Waals surface area (Å²) in [6, 6.07) is 11.2. The lowest BCUT2D eigenvalue weighted by molar-refractivity contribution is -0.285. The SMILES string of the molecule is CC(=O)NCCc1cc(O[C@@H]2OC(C)(C)[C@H](C)[C@@H](O)[C@H]2O)c(O)cc1-c1cccc(C)c1. The topological polar surface area (TPSA) is 108 Å². The highest BCUT2D eigenvalue weighted by Crippen LogP contribution is 2.39. The Hall–Kier alpha value is -2.61. The first-order valence-corrected chi connectivity index (χ1v) is 10.9. The van der Waals surface area contributed by atoms with E-state index in [9.17, 15) is 20.1 Å². The normalized spacial score (nSPS) is 24.7. The first-order chi connectivity index (χ1) is 15.0. The molecule has 7 heteroatoms. The summed E-state index contributed by atoms with van der Waals surface area (Å²) in [5, 5.41) is 34.4. The molecule has 1 heterocycles. The largest absolute Gasteiger partial charge is 0.504 e. The minimum atomic E-state index is -1.27. The van der Waals surface area contributed by atoms with Crippen molar-refractivity contribution in [3.63, 3.8) is 0 Å². The van der Waals surface area contributed by atoms with Gasteiger partial charge in [-0.05, 0) is 56.0 Å². The van der Waals surface area contributed by atoms with Crippen LogP contribution in [0.25, 0.3) is 11.1 Å². The Kier molecular flexibility index (Phi) is 7.12. The van der Waals surface area contributed by atoms with E-state index >= 15 is 0 Å².